The van der Waals surface area contributed by atoms with Crippen molar-refractivity contribution in [1.82, 2.24) is 4.90 Å². The van der Waals surface area contributed by atoms with Gasteiger partial charge in [0.1, 0.15) is 5.75 Å². The first kappa shape index (κ1) is 18.2. The Morgan fingerprint density at radius 3 is 2.45 bits per heavy atom. The van der Waals surface area contributed by atoms with Gasteiger partial charge in [-0.15, -0.1) is 0 Å². The Balaban J connectivity index is 3.10. The Morgan fingerprint density at radius 2 is 2.00 bits per heavy atom. The molecule has 1 aromatic rings. The van der Waals surface area contributed by atoms with Gasteiger partial charge >= 0.3 is 6.61 Å². The van der Waals surface area contributed by atoms with E-state index >= 15 is 0 Å². The first-order valence-electron chi connectivity index (χ1n) is 6.85. The van der Waals surface area contributed by atoms with Gasteiger partial charge in [-0.1, -0.05) is 0 Å². The van der Waals surface area contributed by atoms with Crippen LogP contribution in [0.1, 0.15) is 26.3 Å². The molecule has 0 spiro atoms. The van der Waals surface area contributed by atoms with Crippen LogP contribution in [0.2, 0.25) is 0 Å². The second kappa shape index (κ2) is 8.00. The molecule has 0 radical (unpaired) electrons. The number of benzene rings is 1. The zero-order chi connectivity index (χ0) is 16.9. The van der Waals surface area contributed by atoms with Gasteiger partial charge in [-0.2, -0.15) is 8.78 Å². The molecular weight excluding hydrogens is 298 g/mol. The minimum Gasteiger partial charge on any atom is -0.434 e. The first-order valence-corrected chi connectivity index (χ1v) is 6.85. The fraction of sp³-hybridized carbons (Fsp3) is 0.571. The number of aliphatic hydroxyl groups is 1. The van der Waals surface area contributed by atoms with Gasteiger partial charge in [-0.3, -0.25) is 15.0 Å². The summed E-state index contributed by atoms with van der Waals surface area (Å²) in [5, 5.41) is 20.4. The van der Waals surface area contributed by atoms with E-state index in [1.807, 2.05) is 18.7 Å². The highest BCUT2D eigenvalue weighted by atomic mass is 19.3. The van der Waals surface area contributed by atoms with Crippen molar-refractivity contribution >= 4 is 5.69 Å². The minimum absolute atomic E-state index is 0.0215. The van der Waals surface area contributed by atoms with Crippen molar-refractivity contribution < 1.29 is 23.5 Å². The standard InChI is InChI=1S/C14H20F2N2O4/c1-9(2)17(7-10(3)19)8-11-6-12(18(20)21)4-5-13(11)22-14(15)16/h4-6,9-10,14,19H,7-8H2,1-3H3. The third-order valence-corrected chi connectivity index (χ3v) is 3.07. The highest BCUT2D eigenvalue weighted by Crippen LogP contribution is 2.27. The van der Waals surface area contributed by atoms with Crippen molar-refractivity contribution in [1.29, 1.82) is 0 Å². The minimum atomic E-state index is -3.01. The smallest absolute Gasteiger partial charge is 0.387 e. The second-order valence-corrected chi connectivity index (χ2v) is 5.30. The predicted octanol–water partition coefficient (Wildman–Crippen LogP) is 2.79. The molecule has 0 aliphatic carbocycles. The Morgan fingerprint density at radius 1 is 1.36 bits per heavy atom. The molecule has 1 rings (SSSR count). The maximum absolute atomic E-state index is 12.5. The van der Waals surface area contributed by atoms with Gasteiger partial charge in [0, 0.05) is 36.8 Å². The summed E-state index contributed by atoms with van der Waals surface area (Å²) in [4.78, 5) is 12.1. The number of rotatable bonds is 8. The summed E-state index contributed by atoms with van der Waals surface area (Å²) in [5.74, 6) is -0.100. The largest absolute Gasteiger partial charge is 0.434 e. The molecule has 1 N–H and O–H groups in total. The molecule has 0 fully saturated rings. The molecule has 0 aliphatic rings. The van der Waals surface area contributed by atoms with E-state index in [1.165, 1.54) is 12.1 Å². The highest BCUT2D eigenvalue weighted by Gasteiger charge is 2.19. The van der Waals surface area contributed by atoms with Crippen molar-refractivity contribution in [3.8, 4) is 5.75 Å². The van der Waals surface area contributed by atoms with E-state index in [1.54, 1.807) is 6.92 Å². The third kappa shape index (κ3) is 5.53. The monoisotopic (exact) mass is 318 g/mol. The van der Waals surface area contributed by atoms with Crippen LogP contribution < -0.4 is 4.74 Å². The van der Waals surface area contributed by atoms with Crippen LogP contribution >= 0.6 is 0 Å². The molecule has 0 aliphatic heterocycles. The number of aliphatic hydroxyl groups excluding tert-OH is 1. The van der Waals surface area contributed by atoms with Gasteiger partial charge in [0.25, 0.3) is 5.69 Å². The molecule has 0 saturated heterocycles. The van der Waals surface area contributed by atoms with Crippen molar-refractivity contribution in [3.05, 3.63) is 33.9 Å². The van der Waals surface area contributed by atoms with Crippen LogP contribution in [0.4, 0.5) is 14.5 Å². The summed E-state index contributed by atoms with van der Waals surface area (Å²) in [6, 6.07) is 3.53. The van der Waals surface area contributed by atoms with Gasteiger partial charge in [0.2, 0.25) is 0 Å². The van der Waals surface area contributed by atoms with Crippen LogP contribution in [0.5, 0.6) is 5.75 Å². The quantitative estimate of drug-likeness (QED) is 0.589. The van der Waals surface area contributed by atoms with Crippen LogP contribution in [0.25, 0.3) is 0 Å². The fourth-order valence-electron chi connectivity index (χ4n) is 2.03. The Labute approximate surface area is 127 Å². The van der Waals surface area contributed by atoms with Gasteiger partial charge in [0.05, 0.1) is 11.0 Å². The van der Waals surface area contributed by atoms with Crippen LogP contribution in [-0.2, 0) is 6.54 Å². The van der Waals surface area contributed by atoms with Crippen LogP contribution in [0.15, 0.2) is 18.2 Å². The SMILES string of the molecule is CC(O)CN(Cc1cc([N+](=O)[O-])ccc1OC(F)F)C(C)C. The van der Waals surface area contributed by atoms with Gasteiger partial charge in [-0.25, -0.2) is 0 Å². The fourth-order valence-corrected chi connectivity index (χ4v) is 2.03. The number of nitro groups is 1. The summed E-state index contributed by atoms with van der Waals surface area (Å²) < 4.78 is 29.3. The van der Waals surface area contributed by atoms with E-state index in [0.717, 1.165) is 6.07 Å². The molecule has 22 heavy (non-hydrogen) atoms. The topological polar surface area (TPSA) is 75.8 Å². The Kier molecular flexibility index (Phi) is 6.63. The molecule has 0 heterocycles. The summed E-state index contributed by atoms with van der Waals surface area (Å²) >= 11 is 0. The number of ether oxygens (including phenoxy) is 1. The highest BCUT2D eigenvalue weighted by molar-refractivity contribution is 5.43. The van der Waals surface area contributed by atoms with E-state index in [-0.39, 0.29) is 29.6 Å². The summed E-state index contributed by atoms with van der Waals surface area (Å²) in [7, 11) is 0. The maximum Gasteiger partial charge on any atom is 0.387 e. The lowest BCUT2D eigenvalue weighted by Crippen LogP contribution is -2.36. The number of hydrogen-bond acceptors (Lipinski definition) is 5. The molecule has 1 unspecified atom stereocenters. The Bertz CT molecular complexity index is 510. The van der Waals surface area contributed by atoms with Gasteiger partial charge in [0.15, 0.2) is 0 Å². The molecule has 124 valence electrons. The molecular formula is C14H20F2N2O4. The second-order valence-electron chi connectivity index (χ2n) is 5.30. The number of nitrogens with zero attached hydrogens (tertiary/aromatic N) is 2. The van der Waals surface area contributed by atoms with E-state index < -0.39 is 17.6 Å². The van der Waals surface area contributed by atoms with E-state index in [2.05, 4.69) is 4.74 Å². The maximum atomic E-state index is 12.5. The van der Waals surface area contributed by atoms with Gasteiger partial charge < -0.3 is 9.84 Å². The molecule has 1 aromatic carbocycles. The van der Waals surface area contributed by atoms with Gasteiger partial charge in [-0.05, 0) is 26.8 Å². The molecule has 8 heteroatoms. The van der Waals surface area contributed by atoms with Crippen molar-refractivity contribution in [3.63, 3.8) is 0 Å². The van der Waals surface area contributed by atoms with Crippen molar-refractivity contribution in [2.75, 3.05) is 6.54 Å². The van der Waals surface area contributed by atoms with Crippen LogP contribution in [-0.4, -0.2) is 40.2 Å². The van der Waals surface area contributed by atoms with Crippen molar-refractivity contribution in [2.24, 2.45) is 0 Å². The van der Waals surface area contributed by atoms with E-state index in [4.69, 9.17) is 0 Å². The number of hydrogen-bond donors (Lipinski definition) is 1. The van der Waals surface area contributed by atoms with Crippen molar-refractivity contribution in [2.45, 2.75) is 46.1 Å². The average Bonchev–Trinajstić information content (AvgIpc) is 2.38. The molecule has 0 aromatic heterocycles. The first-order chi connectivity index (χ1) is 10.2. The number of halogens is 2. The number of nitro benzene ring substituents is 1. The molecule has 1 atom stereocenters. The zero-order valence-electron chi connectivity index (χ0n) is 12.7. The molecule has 6 nitrogen and oxygen atoms in total. The lowest BCUT2D eigenvalue weighted by Gasteiger charge is -2.28. The number of non-ortho nitro benzene ring substituents is 1. The van der Waals surface area contributed by atoms with Crippen LogP contribution in [0.3, 0.4) is 0 Å². The lowest BCUT2D eigenvalue weighted by molar-refractivity contribution is -0.385. The Hall–Kier alpha value is -1.80. The molecule has 0 amide bonds. The summed E-state index contributed by atoms with van der Waals surface area (Å²) in [6.07, 6.45) is -0.611. The predicted molar refractivity (Wildman–Crippen MR) is 77.0 cm³/mol. The van der Waals surface area contributed by atoms with E-state index in [9.17, 15) is 24.0 Å². The summed E-state index contributed by atoms with van der Waals surface area (Å²) in [5.41, 5.74) is 0.0845. The zero-order valence-corrected chi connectivity index (χ0v) is 12.7. The van der Waals surface area contributed by atoms with Crippen LogP contribution in [0, 0.1) is 10.1 Å². The average molecular weight is 318 g/mol. The molecule has 0 saturated carbocycles. The number of alkyl halides is 2. The summed E-state index contributed by atoms with van der Waals surface area (Å²) in [6.45, 7) is 2.84. The molecule has 0 bridgehead atoms. The lowest BCUT2D eigenvalue weighted by atomic mass is 10.1. The third-order valence-electron chi connectivity index (χ3n) is 3.07. The van der Waals surface area contributed by atoms with E-state index in [0.29, 0.717) is 6.54 Å². The normalized spacial score (nSPS) is 13.0.